The molecule has 0 spiro atoms. The summed E-state index contributed by atoms with van der Waals surface area (Å²) in [5.41, 5.74) is 7.15. The van der Waals surface area contributed by atoms with Gasteiger partial charge >= 0.3 is 0 Å². The Morgan fingerprint density at radius 3 is 1.70 bits per heavy atom. The molecule has 33 heavy (non-hydrogen) atoms. The Balaban J connectivity index is 1.86. The highest BCUT2D eigenvalue weighted by atomic mass is 16.3. The highest BCUT2D eigenvalue weighted by Crippen LogP contribution is 2.33. The second kappa shape index (κ2) is 8.39. The topological polar surface area (TPSA) is 71.8 Å². The first-order valence-corrected chi connectivity index (χ1v) is 11.1. The van der Waals surface area contributed by atoms with Gasteiger partial charge in [0.25, 0.3) is 0 Å². The maximum Gasteiger partial charge on any atom is 0.119 e. The van der Waals surface area contributed by atoms with E-state index < -0.39 is 0 Å². The zero-order valence-corrected chi connectivity index (χ0v) is 20.1. The molecular weight excluding hydrogens is 408 g/mol. The summed E-state index contributed by atoms with van der Waals surface area (Å²) in [5, 5.41) is 9.84. The molecule has 1 N–H and O–H groups in total. The van der Waals surface area contributed by atoms with Crippen LogP contribution in [0, 0.1) is 0 Å². The van der Waals surface area contributed by atoms with E-state index in [2.05, 4.69) is 80.8 Å². The quantitative estimate of drug-likeness (QED) is 0.392. The Bertz CT molecular complexity index is 1300. The van der Waals surface area contributed by atoms with Crippen molar-refractivity contribution in [3.63, 3.8) is 0 Å². The molecular formula is C28H30N4O. The van der Waals surface area contributed by atoms with Crippen LogP contribution in [0.3, 0.4) is 0 Å². The summed E-state index contributed by atoms with van der Waals surface area (Å²) in [5.74, 6) is 0.159. The Morgan fingerprint density at radius 2 is 1.06 bits per heavy atom. The van der Waals surface area contributed by atoms with Crippen molar-refractivity contribution < 1.29 is 5.11 Å². The van der Waals surface area contributed by atoms with Crippen molar-refractivity contribution in [2.45, 2.75) is 52.4 Å². The molecule has 0 aliphatic rings. The van der Waals surface area contributed by atoms with E-state index in [9.17, 15) is 5.11 Å². The van der Waals surface area contributed by atoms with E-state index in [4.69, 9.17) is 4.98 Å². The van der Waals surface area contributed by atoms with Gasteiger partial charge in [0.1, 0.15) is 5.75 Å². The van der Waals surface area contributed by atoms with Gasteiger partial charge in [0, 0.05) is 30.2 Å². The third kappa shape index (κ3) is 5.08. The molecule has 0 radical (unpaired) electrons. The number of rotatable bonds is 3. The first kappa shape index (κ1) is 22.6. The molecule has 0 amide bonds. The molecule has 0 saturated heterocycles. The van der Waals surface area contributed by atoms with Gasteiger partial charge in [0.15, 0.2) is 0 Å². The maximum atomic E-state index is 9.84. The summed E-state index contributed by atoms with van der Waals surface area (Å²) in [7, 11) is 0. The predicted molar refractivity (Wildman–Crippen MR) is 133 cm³/mol. The lowest BCUT2D eigenvalue weighted by atomic mass is 9.85. The zero-order valence-electron chi connectivity index (χ0n) is 20.1. The zero-order chi connectivity index (χ0) is 23.8. The predicted octanol–water partition coefficient (Wildman–Crippen LogP) is 6.57. The van der Waals surface area contributed by atoms with Gasteiger partial charge < -0.3 is 5.11 Å². The van der Waals surface area contributed by atoms with Crippen LogP contribution in [0.4, 0.5) is 0 Å². The van der Waals surface area contributed by atoms with Crippen LogP contribution in [0.5, 0.6) is 5.75 Å². The van der Waals surface area contributed by atoms with Crippen molar-refractivity contribution in [1.82, 2.24) is 19.9 Å². The summed E-state index contributed by atoms with van der Waals surface area (Å²) < 4.78 is 0. The van der Waals surface area contributed by atoms with Crippen molar-refractivity contribution in [3.8, 4) is 39.8 Å². The lowest BCUT2D eigenvalue weighted by Gasteiger charge is -2.22. The summed E-state index contributed by atoms with van der Waals surface area (Å²) in [6.07, 6.45) is 5.18. The van der Waals surface area contributed by atoms with Gasteiger partial charge in [0.05, 0.1) is 28.5 Å². The van der Waals surface area contributed by atoms with Crippen LogP contribution in [0.1, 0.15) is 52.7 Å². The van der Waals surface area contributed by atoms with E-state index in [0.29, 0.717) is 11.4 Å². The molecule has 0 aromatic carbocycles. The molecule has 168 valence electrons. The SMILES string of the molecule is CC(C)(C)c1ccnc(-c2cc(C(C)(C)C)cc(-c3ccnc(-c4cc(O)ccn4)c3)n2)c1. The molecule has 0 bridgehead atoms. The second-order valence-electron chi connectivity index (χ2n) is 10.4. The first-order chi connectivity index (χ1) is 15.5. The summed E-state index contributed by atoms with van der Waals surface area (Å²) >= 11 is 0. The van der Waals surface area contributed by atoms with E-state index in [-0.39, 0.29) is 16.6 Å². The highest BCUT2D eigenvalue weighted by Gasteiger charge is 2.20. The van der Waals surface area contributed by atoms with Gasteiger partial charge in [-0.2, -0.15) is 0 Å². The average molecular weight is 439 g/mol. The summed E-state index contributed by atoms with van der Waals surface area (Å²) in [6, 6.07) is 15.5. The number of hydrogen-bond donors (Lipinski definition) is 1. The third-order valence-electron chi connectivity index (χ3n) is 5.64. The van der Waals surface area contributed by atoms with Crippen LogP contribution >= 0.6 is 0 Å². The highest BCUT2D eigenvalue weighted by molar-refractivity contribution is 5.70. The van der Waals surface area contributed by atoms with E-state index in [0.717, 1.165) is 22.6 Å². The molecule has 4 aromatic rings. The van der Waals surface area contributed by atoms with Crippen LogP contribution in [-0.4, -0.2) is 25.0 Å². The molecule has 0 atom stereocenters. The Kier molecular flexibility index (Phi) is 5.75. The molecule has 4 rings (SSSR count). The number of hydrogen-bond acceptors (Lipinski definition) is 5. The Hall–Kier alpha value is -3.60. The molecule has 4 aromatic heterocycles. The lowest BCUT2D eigenvalue weighted by molar-refractivity contribution is 0.475. The Morgan fingerprint density at radius 1 is 0.545 bits per heavy atom. The van der Waals surface area contributed by atoms with Gasteiger partial charge in [0.2, 0.25) is 0 Å². The van der Waals surface area contributed by atoms with Gasteiger partial charge in [-0.3, -0.25) is 15.0 Å². The number of aromatic hydroxyl groups is 1. The van der Waals surface area contributed by atoms with E-state index >= 15 is 0 Å². The molecule has 0 saturated carbocycles. The summed E-state index contributed by atoms with van der Waals surface area (Å²) in [6.45, 7) is 13.2. The molecule has 5 heteroatoms. The van der Waals surface area contributed by atoms with Crippen LogP contribution in [0.2, 0.25) is 0 Å². The van der Waals surface area contributed by atoms with Crippen molar-refractivity contribution >= 4 is 0 Å². The molecule has 4 heterocycles. The van der Waals surface area contributed by atoms with E-state index in [1.165, 1.54) is 11.1 Å². The molecule has 0 aliphatic carbocycles. The lowest BCUT2D eigenvalue weighted by Crippen LogP contribution is -2.13. The minimum atomic E-state index is -0.0588. The first-order valence-electron chi connectivity index (χ1n) is 11.1. The molecule has 0 aliphatic heterocycles. The Labute approximate surface area is 195 Å². The van der Waals surface area contributed by atoms with E-state index in [1.54, 1.807) is 24.5 Å². The second-order valence-corrected chi connectivity index (χ2v) is 10.4. The van der Waals surface area contributed by atoms with Crippen LogP contribution < -0.4 is 0 Å². The van der Waals surface area contributed by atoms with Gasteiger partial charge in [-0.15, -0.1) is 0 Å². The number of aromatic nitrogens is 4. The van der Waals surface area contributed by atoms with Gasteiger partial charge in [-0.1, -0.05) is 41.5 Å². The van der Waals surface area contributed by atoms with Crippen molar-refractivity contribution in [2.24, 2.45) is 0 Å². The molecule has 0 unspecified atom stereocenters. The number of pyridine rings is 4. The van der Waals surface area contributed by atoms with Gasteiger partial charge in [-0.25, -0.2) is 4.98 Å². The van der Waals surface area contributed by atoms with Crippen LogP contribution in [-0.2, 0) is 10.8 Å². The van der Waals surface area contributed by atoms with Crippen molar-refractivity contribution in [3.05, 3.63) is 78.2 Å². The largest absolute Gasteiger partial charge is 0.508 e. The molecule has 0 fully saturated rings. The van der Waals surface area contributed by atoms with Gasteiger partial charge in [-0.05, 0) is 64.4 Å². The third-order valence-corrected chi connectivity index (χ3v) is 5.64. The van der Waals surface area contributed by atoms with Crippen LogP contribution in [0.25, 0.3) is 34.0 Å². The van der Waals surface area contributed by atoms with Crippen molar-refractivity contribution in [1.29, 1.82) is 0 Å². The standard InChI is InChI=1S/C28H30N4O/c1-27(2,3)19-8-11-30-24(14-19)26-16-20(28(4,5)6)15-22(32-26)18-7-10-29-23(13-18)25-17-21(33)9-12-31-25/h7-17H,1-6H3,(H,31,33). The van der Waals surface area contributed by atoms with Crippen molar-refractivity contribution in [2.75, 3.05) is 0 Å². The minimum Gasteiger partial charge on any atom is -0.508 e. The van der Waals surface area contributed by atoms with Crippen LogP contribution in [0.15, 0.2) is 67.1 Å². The maximum absolute atomic E-state index is 9.84. The molecule has 5 nitrogen and oxygen atoms in total. The summed E-state index contributed by atoms with van der Waals surface area (Å²) in [4.78, 5) is 18.4. The average Bonchev–Trinajstić information content (AvgIpc) is 2.78. The van der Waals surface area contributed by atoms with E-state index in [1.807, 2.05) is 18.3 Å². The monoisotopic (exact) mass is 438 g/mol. The smallest absolute Gasteiger partial charge is 0.119 e. The minimum absolute atomic E-state index is 0.0242. The normalized spacial score (nSPS) is 12.1. The number of nitrogens with zero attached hydrogens (tertiary/aromatic N) is 4. The fraction of sp³-hybridized carbons (Fsp3) is 0.286. The fourth-order valence-electron chi connectivity index (χ4n) is 3.57. The fourth-order valence-corrected chi connectivity index (χ4v) is 3.57.